The van der Waals surface area contributed by atoms with E-state index in [0.717, 1.165) is 12.1 Å². The SMILES string of the molecule is CCCNC(=O)N1CCC(N2CCN(Cc3ccccn3)C(=O)C2=O)CC1. The molecule has 0 aromatic carbocycles. The summed E-state index contributed by atoms with van der Waals surface area (Å²) in [5.41, 5.74) is 0.776. The predicted molar refractivity (Wildman–Crippen MR) is 99.7 cm³/mol. The van der Waals surface area contributed by atoms with Crippen molar-refractivity contribution in [2.24, 2.45) is 0 Å². The molecule has 0 radical (unpaired) electrons. The number of carbonyl (C=O) groups excluding carboxylic acids is 3. The second-order valence-electron chi connectivity index (χ2n) is 7.00. The highest BCUT2D eigenvalue weighted by molar-refractivity contribution is 6.35. The van der Waals surface area contributed by atoms with E-state index in [1.807, 2.05) is 25.1 Å². The third-order valence-corrected chi connectivity index (χ3v) is 5.14. The van der Waals surface area contributed by atoms with E-state index < -0.39 is 11.8 Å². The number of piperidine rings is 1. The van der Waals surface area contributed by atoms with E-state index in [1.165, 1.54) is 0 Å². The maximum Gasteiger partial charge on any atom is 0.317 e. The number of nitrogens with zero attached hydrogens (tertiary/aromatic N) is 4. The van der Waals surface area contributed by atoms with E-state index in [4.69, 9.17) is 0 Å². The summed E-state index contributed by atoms with van der Waals surface area (Å²) in [5.74, 6) is -0.902. The predicted octanol–water partition coefficient (Wildman–Crippen LogP) is 0.836. The lowest BCUT2D eigenvalue weighted by molar-refractivity contribution is -0.158. The number of rotatable bonds is 5. The van der Waals surface area contributed by atoms with Crippen molar-refractivity contribution in [3.8, 4) is 0 Å². The Labute approximate surface area is 159 Å². The molecule has 2 fully saturated rings. The molecular weight excluding hydrogens is 346 g/mol. The standard InChI is InChI=1S/C19H27N5O3/c1-2-8-21-19(27)22-10-6-16(7-11-22)24-13-12-23(17(25)18(24)26)14-15-5-3-4-9-20-15/h3-5,9,16H,2,6-8,10-14H2,1H3,(H,21,27). The van der Waals surface area contributed by atoms with Gasteiger partial charge in [0, 0.05) is 45.0 Å². The highest BCUT2D eigenvalue weighted by Crippen LogP contribution is 2.20. The molecule has 0 unspecified atom stereocenters. The number of hydrogen-bond donors (Lipinski definition) is 1. The maximum atomic E-state index is 12.6. The Bertz CT molecular complexity index is 673. The number of carbonyl (C=O) groups is 3. The Balaban J connectivity index is 1.52. The molecule has 0 aliphatic carbocycles. The molecule has 3 rings (SSSR count). The van der Waals surface area contributed by atoms with Gasteiger partial charge in [0.05, 0.1) is 12.2 Å². The molecule has 0 spiro atoms. The monoisotopic (exact) mass is 373 g/mol. The van der Waals surface area contributed by atoms with Gasteiger partial charge in [-0.25, -0.2) is 4.79 Å². The van der Waals surface area contributed by atoms with Gasteiger partial charge >= 0.3 is 17.8 Å². The molecule has 2 aliphatic rings. The molecule has 27 heavy (non-hydrogen) atoms. The highest BCUT2D eigenvalue weighted by Gasteiger charge is 2.38. The van der Waals surface area contributed by atoms with E-state index in [9.17, 15) is 14.4 Å². The lowest BCUT2D eigenvalue weighted by atomic mass is 10.0. The molecule has 8 nitrogen and oxygen atoms in total. The first-order valence-electron chi connectivity index (χ1n) is 9.62. The van der Waals surface area contributed by atoms with Crippen LogP contribution in [0.3, 0.4) is 0 Å². The Morgan fingerprint density at radius 2 is 1.93 bits per heavy atom. The zero-order valence-electron chi connectivity index (χ0n) is 15.8. The summed E-state index contributed by atoms with van der Waals surface area (Å²) >= 11 is 0. The van der Waals surface area contributed by atoms with Crippen LogP contribution in [0.5, 0.6) is 0 Å². The molecule has 146 valence electrons. The Morgan fingerprint density at radius 3 is 2.59 bits per heavy atom. The van der Waals surface area contributed by atoms with Crippen molar-refractivity contribution in [2.75, 3.05) is 32.7 Å². The zero-order valence-corrected chi connectivity index (χ0v) is 15.8. The van der Waals surface area contributed by atoms with E-state index in [-0.39, 0.29) is 12.1 Å². The molecule has 3 heterocycles. The number of pyridine rings is 1. The first-order chi connectivity index (χ1) is 13.1. The number of hydrogen-bond acceptors (Lipinski definition) is 4. The molecule has 2 saturated heterocycles. The van der Waals surface area contributed by atoms with Gasteiger partial charge in [-0.3, -0.25) is 14.6 Å². The van der Waals surface area contributed by atoms with Crippen molar-refractivity contribution in [3.63, 3.8) is 0 Å². The van der Waals surface area contributed by atoms with Crippen LogP contribution in [0.1, 0.15) is 31.9 Å². The summed E-state index contributed by atoms with van der Waals surface area (Å²) in [7, 11) is 0. The summed E-state index contributed by atoms with van der Waals surface area (Å²) in [6.07, 6.45) is 4.00. The molecule has 0 saturated carbocycles. The van der Waals surface area contributed by atoms with E-state index in [2.05, 4.69) is 10.3 Å². The van der Waals surface area contributed by atoms with Crippen LogP contribution in [0, 0.1) is 0 Å². The third-order valence-electron chi connectivity index (χ3n) is 5.14. The van der Waals surface area contributed by atoms with Gasteiger partial charge in [0.1, 0.15) is 0 Å². The molecule has 1 N–H and O–H groups in total. The molecule has 0 atom stereocenters. The minimum atomic E-state index is -0.463. The largest absolute Gasteiger partial charge is 0.338 e. The fraction of sp³-hybridized carbons (Fsp3) is 0.579. The third kappa shape index (κ3) is 4.56. The van der Waals surface area contributed by atoms with Crippen LogP contribution in [-0.2, 0) is 16.1 Å². The average molecular weight is 373 g/mol. The van der Waals surface area contributed by atoms with Crippen LogP contribution in [0.15, 0.2) is 24.4 Å². The quantitative estimate of drug-likeness (QED) is 0.775. The van der Waals surface area contributed by atoms with Crippen molar-refractivity contribution < 1.29 is 14.4 Å². The number of aromatic nitrogens is 1. The molecule has 4 amide bonds. The van der Waals surface area contributed by atoms with Crippen molar-refractivity contribution >= 4 is 17.8 Å². The summed E-state index contributed by atoms with van der Waals surface area (Å²) in [6.45, 7) is 5.30. The van der Waals surface area contributed by atoms with Gasteiger partial charge < -0.3 is 20.0 Å². The van der Waals surface area contributed by atoms with Crippen molar-refractivity contribution in [3.05, 3.63) is 30.1 Å². The minimum Gasteiger partial charge on any atom is -0.338 e. The number of nitrogens with one attached hydrogen (secondary N) is 1. The van der Waals surface area contributed by atoms with E-state index in [1.54, 1.807) is 20.9 Å². The van der Waals surface area contributed by atoms with Gasteiger partial charge in [0.2, 0.25) is 0 Å². The second-order valence-corrected chi connectivity index (χ2v) is 7.00. The number of urea groups is 1. The van der Waals surface area contributed by atoms with E-state index >= 15 is 0 Å². The Kier molecular flexibility index (Phi) is 6.26. The molecule has 1 aromatic rings. The number of likely N-dealkylation sites (tertiary alicyclic amines) is 1. The second kappa shape index (κ2) is 8.83. The fourth-order valence-corrected chi connectivity index (χ4v) is 3.60. The summed E-state index contributed by atoms with van der Waals surface area (Å²) < 4.78 is 0. The Morgan fingerprint density at radius 1 is 1.15 bits per heavy atom. The van der Waals surface area contributed by atoms with Crippen LogP contribution >= 0.6 is 0 Å². The normalized spacial score (nSPS) is 18.8. The van der Waals surface area contributed by atoms with Crippen LogP contribution in [0.4, 0.5) is 4.79 Å². The molecule has 2 aliphatic heterocycles. The van der Waals surface area contributed by atoms with Crippen LogP contribution in [-0.4, -0.2) is 76.3 Å². The lowest BCUT2D eigenvalue weighted by Crippen LogP contribution is -2.59. The summed E-state index contributed by atoms with van der Waals surface area (Å²) in [4.78, 5) is 46.4. The average Bonchev–Trinajstić information content (AvgIpc) is 2.71. The molecule has 8 heteroatoms. The molecule has 1 aromatic heterocycles. The van der Waals surface area contributed by atoms with Crippen molar-refractivity contribution in [1.82, 2.24) is 25.0 Å². The van der Waals surface area contributed by atoms with Gasteiger partial charge in [0.15, 0.2) is 0 Å². The van der Waals surface area contributed by atoms with Gasteiger partial charge in [-0.05, 0) is 31.4 Å². The summed E-state index contributed by atoms with van der Waals surface area (Å²) in [6, 6.07) is 5.52. The number of amides is 4. The fourth-order valence-electron chi connectivity index (χ4n) is 3.60. The van der Waals surface area contributed by atoms with Gasteiger partial charge in [-0.15, -0.1) is 0 Å². The highest BCUT2D eigenvalue weighted by atomic mass is 16.2. The summed E-state index contributed by atoms with van der Waals surface area (Å²) in [5, 5.41) is 2.88. The molecule has 0 bridgehead atoms. The first kappa shape index (κ1) is 19.1. The Hall–Kier alpha value is -2.64. The maximum absolute atomic E-state index is 12.6. The topological polar surface area (TPSA) is 85.8 Å². The van der Waals surface area contributed by atoms with Crippen molar-refractivity contribution in [2.45, 2.75) is 38.8 Å². The smallest absolute Gasteiger partial charge is 0.317 e. The van der Waals surface area contributed by atoms with Gasteiger partial charge in [-0.1, -0.05) is 13.0 Å². The zero-order chi connectivity index (χ0) is 19.2. The van der Waals surface area contributed by atoms with Crippen molar-refractivity contribution in [1.29, 1.82) is 0 Å². The number of piperazine rings is 1. The molecular formula is C19H27N5O3. The first-order valence-corrected chi connectivity index (χ1v) is 9.62. The van der Waals surface area contributed by atoms with Gasteiger partial charge in [0.25, 0.3) is 0 Å². The minimum absolute atomic E-state index is 0.0219. The van der Waals surface area contributed by atoms with Gasteiger partial charge in [-0.2, -0.15) is 0 Å². The van der Waals surface area contributed by atoms with Crippen LogP contribution < -0.4 is 5.32 Å². The van der Waals surface area contributed by atoms with Crippen LogP contribution in [0.25, 0.3) is 0 Å². The van der Waals surface area contributed by atoms with E-state index in [0.29, 0.717) is 52.1 Å². The van der Waals surface area contributed by atoms with Crippen LogP contribution in [0.2, 0.25) is 0 Å². The lowest BCUT2D eigenvalue weighted by Gasteiger charge is -2.42.